The van der Waals surface area contributed by atoms with Gasteiger partial charge in [-0.05, 0) is 159 Å². The zero-order valence-corrected chi connectivity index (χ0v) is 42.1. The van der Waals surface area contributed by atoms with E-state index in [0.717, 1.165) is 88.7 Å². The molecule has 1 heterocycles. The van der Waals surface area contributed by atoms with E-state index < -0.39 is 17.3 Å². The average molecular weight is 901 g/mol. The molecular weight excluding hydrogens is 839 g/mol. The van der Waals surface area contributed by atoms with Crippen LogP contribution in [0.3, 0.4) is 0 Å². The van der Waals surface area contributed by atoms with Gasteiger partial charge in [0, 0.05) is 44.2 Å². The van der Waals surface area contributed by atoms with Gasteiger partial charge in [0.05, 0.1) is 14.2 Å². The lowest BCUT2D eigenvalue weighted by Gasteiger charge is -2.21. The van der Waals surface area contributed by atoms with Crippen LogP contribution in [0.4, 0.5) is 0 Å². The Labute approximate surface area is 381 Å². The van der Waals surface area contributed by atoms with Crippen LogP contribution >= 0.6 is 17.3 Å². The normalized spacial score (nSPS) is 12.1. The number of phenols is 1. The van der Waals surface area contributed by atoms with Crippen molar-refractivity contribution in [1.82, 2.24) is 0 Å². The quantitative estimate of drug-likeness (QED) is 0.136. The molecule has 10 heteroatoms. The zero-order valence-electron chi connectivity index (χ0n) is 40.2. The van der Waals surface area contributed by atoms with Gasteiger partial charge >= 0.3 is 8.24 Å². The SMILES string of the molecule is COc1cc(C(C)(C)C)c2op(Oc3c(C)cc(C)cc3-c3cc(C)cc(C)c3OPOc3c(C)cc(C)cc3-c3cc(C)cc(C)c3O)oc3c(C(C)(C)C)cc(OC)cc3c2c1. The molecule has 0 fully saturated rings. The molecule has 7 rings (SSSR count). The molecule has 1 unspecified atom stereocenters. The minimum Gasteiger partial charge on any atom is -0.507 e. The minimum absolute atomic E-state index is 0.239. The Balaban J connectivity index is 1.40. The molecule has 7 aromatic rings. The van der Waals surface area contributed by atoms with Crippen molar-refractivity contribution in [2.75, 3.05) is 14.2 Å². The van der Waals surface area contributed by atoms with E-state index in [1.54, 1.807) is 14.2 Å². The van der Waals surface area contributed by atoms with Gasteiger partial charge in [0.1, 0.15) is 45.7 Å². The summed E-state index contributed by atoms with van der Waals surface area (Å²) in [5.74, 6) is 3.63. The lowest BCUT2D eigenvalue weighted by atomic mass is 9.84. The molecule has 0 saturated carbocycles. The molecule has 336 valence electrons. The summed E-state index contributed by atoms with van der Waals surface area (Å²) in [5.41, 5.74) is 13.7. The zero-order chi connectivity index (χ0) is 46.6. The minimum atomic E-state index is -2.11. The molecule has 0 aliphatic rings. The first-order valence-corrected chi connectivity index (χ1v) is 23.5. The number of hydrogen-bond donors (Lipinski definition) is 1. The number of benzene rings is 6. The van der Waals surface area contributed by atoms with E-state index in [-0.39, 0.29) is 16.6 Å². The Bertz CT molecular complexity index is 2900. The van der Waals surface area contributed by atoms with Crippen LogP contribution < -0.4 is 23.0 Å². The second-order valence-corrected chi connectivity index (χ2v) is 20.8. The maximum Gasteiger partial charge on any atom is 0.453 e. The highest BCUT2D eigenvalue weighted by molar-refractivity contribution is 7.32. The van der Waals surface area contributed by atoms with Gasteiger partial charge in [0.2, 0.25) is 0 Å². The first kappa shape index (κ1) is 46.4. The third-order valence-electron chi connectivity index (χ3n) is 11.6. The molecule has 1 atom stereocenters. The van der Waals surface area contributed by atoms with Gasteiger partial charge in [-0.25, -0.2) is 0 Å². The molecule has 1 N–H and O–H groups in total. The number of rotatable bonds is 10. The fourth-order valence-electron chi connectivity index (χ4n) is 8.56. The number of ether oxygens (including phenoxy) is 2. The lowest BCUT2D eigenvalue weighted by molar-refractivity contribution is 0.413. The van der Waals surface area contributed by atoms with E-state index in [0.29, 0.717) is 39.9 Å². The number of methoxy groups -OCH3 is 2. The first-order chi connectivity index (χ1) is 30.1. The molecule has 0 aliphatic heterocycles. The van der Waals surface area contributed by atoms with E-state index in [4.69, 9.17) is 31.4 Å². The van der Waals surface area contributed by atoms with Gasteiger partial charge in [0.25, 0.3) is 9.03 Å². The van der Waals surface area contributed by atoms with Crippen molar-refractivity contribution in [2.45, 2.75) is 108 Å². The van der Waals surface area contributed by atoms with E-state index in [9.17, 15) is 5.11 Å². The largest absolute Gasteiger partial charge is 0.507 e. The molecule has 1 aromatic heterocycles. The summed E-state index contributed by atoms with van der Waals surface area (Å²) in [5, 5.41) is 12.9. The van der Waals surface area contributed by atoms with Crippen LogP contribution in [-0.4, -0.2) is 19.3 Å². The molecule has 6 aromatic carbocycles. The van der Waals surface area contributed by atoms with E-state index in [1.807, 2.05) is 57.2 Å². The van der Waals surface area contributed by atoms with Crippen LogP contribution in [0.25, 0.3) is 44.2 Å². The van der Waals surface area contributed by atoms with Crippen molar-refractivity contribution < 1.29 is 36.5 Å². The van der Waals surface area contributed by atoms with Crippen LogP contribution in [0.1, 0.15) is 97.2 Å². The van der Waals surface area contributed by atoms with Crippen molar-refractivity contribution in [3.05, 3.63) is 128 Å². The second kappa shape index (κ2) is 17.8. The van der Waals surface area contributed by atoms with Crippen molar-refractivity contribution in [3.63, 3.8) is 0 Å². The third kappa shape index (κ3) is 9.32. The monoisotopic (exact) mass is 900 g/mol. The van der Waals surface area contributed by atoms with Gasteiger partial charge in [-0.1, -0.05) is 65.8 Å². The molecule has 64 heavy (non-hydrogen) atoms. The third-order valence-corrected chi connectivity index (χ3v) is 13.1. The summed E-state index contributed by atoms with van der Waals surface area (Å²) in [7, 11) is 0.858. The van der Waals surface area contributed by atoms with Gasteiger partial charge in [0.15, 0.2) is 0 Å². The van der Waals surface area contributed by atoms with Crippen LogP contribution in [0.2, 0.25) is 0 Å². The Hall–Kier alpha value is -5.55. The van der Waals surface area contributed by atoms with Crippen LogP contribution in [0.5, 0.6) is 34.5 Å². The molecule has 8 nitrogen and oxygen atoms in total. The summed E-state index contributed by atoms with van der Waals surface area (Å²) < 4.78 is 46.4. The first-order valence-electron chi connectivity index (χ1n) is 21.6. The molecule has 0 spiro atoms. The molecule has 0 amide bonds. The number of phenolic OH excluding ortho intramolecular Hbond substituents is 1. The highest BCUT2D eigenvalue weighted by atomic mass is 31.1. The Kier molecular flexibility index (Phi) is 12.9. The highest BCUT2D eigenvalue weighted by Gasteiger charge is 2.28. The van der Waals surface area contributed by atoms with Crippen LogP contribution in [0, 0.1) is 55.4 Å². The van der Waals surface area contributed by atoms with Gasteiger partial charge in [-0.2, -0.15) is 0 Å². The van der Waals surface area contributed by atoms with E-state index in [2.05, 4.69) is 113 Å². The standard InChI is InChI=1S/C54H62O8P2/c1-29-17-33(5)47(55)39(21-29)40-22-30(2)18-34(6)48(40)58-63-59-49-35(7)19-31(3)23-41(49)42-24-32(4)20-36(8)50(42)60-64-61-51-43(25-37(56-15)27-45(51)53(9,10)11)44-26-38(57-16)28-46(52(44)62-64)54(12,13)14/h17-28,55,63H,1-16H3. The average Bonchev–Trinajstić information content (AvgIpc) is 3.35. The van der Waals surface area contributed by atoms with Crippen molar-refractivity contribution >= 4 is 39.2 Å². The summed E-state index contributed by atoms with van der Waals surface area (Å²) in [6, 6.07) is 24.7. The molecule has 0 aliphatic carbocycles. The Morgan fingerprint density at radius 1 is 0.469 bits per heavy atom. The highest BCUT2D eigenvalue weighted by Crippen LogP contribution is 2.50. The summed E-state index contributed by atoms with van der Waals surface area (Å²) in [4.78, 5) is 0. The molecule has 0 bridgehead atoms. The predicted molar refractivity (Wildman–Crippen MR) is 266 cm³/mol. The number of fused-ring (bicyclic) bond motifs is 3. The summed E-state index contributed by atoms with van der Waals surface area (Å²) in [6.45, 7) is 29.3. The van der Waals surface area contributed by atoms with E-state index >= 15 is 0 Å². The summed E-state index contributed by atoms with van der Waals surface area (Å²) >= 11 is 0. The van der Waals surface area contributed by atoms with Crippen molar-refractivity contribution in [3.8, 4) is 56.8 Å². The topological polar surface area (TPSA) is 92.7 Å². The predicted octanol–water partition coefficient (Wildman–Crippen LogP) is 16.2. The van der Waals surface area contributed by atoms with Gasteiger partial charge < -0.3 is 36.5 Å². The second-order valence-electron chi connectivity index (χ2n) is 19.2. The maximum absolute atomic E-state index is 11.2. The van der Waals surface area contributed by atoms with Gasteiger partial charge in [-0.3, -0.25) is 0 Å². The van der Waals surface area contributed by atoms with Gasteiger partial charge in [-0.15, -0.1) is 0 Å². The van der Waals surface area contributed by atoms with E-state index in [1.165, 1.54) is 0 Å². The lowest BCUT2D eigenvalue weighted by Crippen LogP contribution is -2.12. The van der Waals surface area contributed by atoms with Crippen LogP contribution in [0.15, 0.2) is 81.2 Å². The smallest absolute Gasteiger partial charge is 0.453 e. The number of aromatic hydroxyl groups is 1. The van der Waals surface area contributed by atoms with Crippen molar-refractivity contribution in [1.29, 1.82) is 0 Å². The maximum atomic E-state index is 11.2. The Morgan fingerprint density at radius 3 is 1.23 bits per heavy atom. The molecule has 0 radical (unpaired) electrons. The molecule has 0 saturated heterocycles. The molecular formula is C54H62O8P2. The fraction of sp³-hybridized carbons (Fsp3) is 0.333. The summed E-state index contributed by atoms with van der Waals surface area (Å²) in [6.07, 6.45) is 0. The van der Waals surface area contributed by atoms with Crippen molar-refractivity contribution in [2.24, 2.45) is 0 Å². The Morgan fingerprint density at radius 2 is 0.828 bits per heavy atom. The number of hydrogen-bond acceptors (Lipinski definition) is 8. The van der Waals surface area contributed by atoms with Crippen LogP contribution in [-0.2, 0) is 10.8 Å². The number of aryl methyl sites for hydroxylation is 8. The fourth-order valence-corrected chi connectivity index (χ4v) is 10.5.